The molecule has 1 fully saturated rings. The van der Waals surface area contributed by atoms with Gasteiger partial charge in [-0.1, -0.05) is 30.3 Å². The highest BCUT2D eigenvalue weighted by molar-refractivity contribution is 5.89. The maximum atomic E-state index is 13.0. The molecule has 1 atom stereocenters. The third kappa shape index (κ3) is 2.49. The van der Waals surface area contributed by atoms with Gasteiger partial charge in [-0.05, 0) is 5.56 Å². The van der Waals surface area contributed by atoms with Gasteiger partial charge >= 0.3 is 12.1 Å². The van der Waals surface area contributed by atoms with Crippen LogP contribution in [-0.2, 0) is 16.1 Å². The molecule has 0 aromatic heterocycles. The molecule has 1 aromatic rings. The van der Waals surface area contributed by atoms with Crippen molar-refractivity contribution in [1.82, 2.24) is 5.32 Å². The van der Waals surface area contributed by atoms with Crippen LogP contribution in [0.5, 0.6) is 0 Å². The first-order valence-electron chi connectivity index (χ1n) is 5.47. The van der Waals surface area contributed by atoms with E-state index in [0.717, 1.165) is 0 Å². The van der Waals surface area contributed by atoms with Crippen molar-refractivity contribution in [2.24, 2.45) is 0 Å². The van der Waals surface area contributed by atoms with Gasteiger partial charge in [0.15, 0.2) is 0 Å². The number of benzene rings is 1. The summed E-state index contributed by atoms with van der Waals surface area (Å²) in [6.45, 7) is -0.117. The van der Waals surface area contributed by atoms with Crippen LogP contribution in [0, 0.1) is 0 Å². The second kappa shape index (κ2) is 4.49. The highest BCUT2D eigenvalue weighted by Crippen LogP contribution is 2.52. The Morgan fingerprint density at radius 1 is 1.32 bits per heavy atom. The smallest absolute Gasteiger partial charge is 0.408 e. The Balaban J connectivity index is 1.90. The van der Waals surface area contributed by atoms with Crippen LogP contribution in [0.2, 0.25) is 0 Å². The van der Waals surface area contributed by atoms with Crippen molar-refractivity contribution < 1.29 is 28.2 Å². The zero-order valence-electron chi connectivity index (χ0n) is 9.73. The summed E-state index contributed by atoms with van der Waals surface area (Å²) in [5, 5.41) is 10.4. The summed E-state index contributed by atoms with van der Waals surface area (Å²) in [6, 6.07) is 8.60. The van der Waals surface area contributed by atoms with Crippen molar-refractivity contribution in [1.29, 1.82) is 0 Å². The molecule has 19 heavy (non-hydrogen) atoms. The maximum Gasteiger partial charge on any atom is 0.408 e. The van der Waals surface area contributed by atoms with Crippen molar-refractivity contribution in [2.75, 3.05) is 0 Å². The molecule has 1 aliphatic carbocycles. The molecule has 2 rings (SSSR count). The van der Waals surface area contributed by atoms with E-state index in [-0.39, 0.29) is 6.61 Å². The lowest BCUT2D eigenvalue weighted by Crippen LogP contribution is -2.47. The molecule has 1 amide bonds. The van der Waals surface area contributed by atoms with Gasteiger partial charge in [0.2, 0.25) is 5.54 Å². The molecule has 0 spiro atoms. The third-order valence-corrected chi connectivity index (χ3v) is 2.88. The van der Waals surface area contributed by atoms with Crippen LogP contribution in [0.4, 0.5) is 13.6 Å². The predicted molar refractivity (Wildman–Crippen MR) is 59.7 cm³/mol. The molecule has 0 saturated heterocycles. The first-order chi connectivity index (χ1) is 8.87. The zero-order valence-corrected chi connectivity index (χ0v) is 9.73. The first-order valence-corrected chi connectivity index (χ1v) is 5.47. The van der Waals surface area contributed by atoms with E-state index in [1.807, 2.05) is 0 Å². The molecule has 7 heteroatoms. The van der Waals surface area contributed by atoms with Gasteiger partial charge in [0.1, 0.15) is 6.61 Å². The van der Waals surface area contributed by atoms with E-state index in [0.29, 0.717) is 5.56 Å². The summed E-state index contributed by atoms with van der Waals surface area (Å²) in [6.07, 6.45) is -2.10. The van der Waals surface area contributed by atoms with Crippen molar-refractivity contribution in [2.45, 2.75) is 24.5 Å². The fraction of sp³-hybridized carbons (Fsp3) is 0.333. The second-order valence-corrected chi connectivity index (χ2v) is 4.28. The summed E-state index contributed by atoms with van der Waals surface area (Å²) in [5.41, 5.74) is -1.86. The second-order valence-electron chi connectivity index (χ2n) is 4.28. The Morgan fingerprint density at radius 3 is 2.37 bits per heavy atom. The summed E-state index contributed by atoms with van der Waals surface area (Å²) < 4.78 is 30.7. The van der Waals surface area contributed by atoms with Crippen molar-refractivity contribution in [3.8, 4) is 0 Å². The number of carboxylic acid groups (broad SMARTS) is 1. The average Bonchev–Trinajstić information content (AvgIpc) is 2.91. The Labute approximate surface area is 107 Å². The van der Waals surface area contributed by atoms with Gasteiger partial charge in [0, 0.05) is 0 Å². The molecule has 0 heterocycles. The van der Waals surface area contributed by atoms with E-state index < -0.39 is 29.9 Å². The number of carbonyl (C=O) groups excluding carboxylic acids is 1. The fourth-order valence-corrected chi connectivity index (χ4v) is 1.64. The summed E-state index contributed by atoms with van der Waals surface area (Å²) in [4.78, 5) is 22.1. The lowest BCUT2D eigenvalue weighted by atomic mass is 10.2. The normalized spacial score (nSPS) is 23.5. The number of aliphatic carboxylic acids is 1. The SMILES string of the molecule is O=C(N[C@@]1(C(=O)O)CC1(F)F)OCc1ccccc1. The molecule has 2 N–H and O–H groups in total. The van der Waals surface area contributed by atoms with E-state index in [4.69, 9.17) is 9.84 Å². The molecule has 1 aromatic carbocycles. The number of nitrogens with one attached hydrogen (secondary N) is 1. The number of halogens is 2. The fourth-order valence-electron chi connectivity index (χ4n) is 1.64. The molecule has 0 radical (unpaired) electrons. The largest absolute Gasteiger partial charge is 0.479 e. The topological polar surface area (TPSA) is 75.6 Å². The Hall–Kier alpha value is -2.18. The molecule has 1 saturated carbocycles. The minimum Gasteiger partial charge on any atom is -0.479 e. The number of rotatable bonds is 4. The average molecular weight is 271 g/mol. The van der Waals surface area contributed by atoms with Crippen LogP contribution in [0.15, 0.2) is 30.3 Å². The van der Waals surface area contributed by atoms with E-state index in [1.54, 1.807) is 35.6 Å². The summed E-state index contributed by atoms with van der Waals surface area (Å²) >= 11 is 0. The number of hydrogen-bond acceptors (Lipinski definition) is 3. The van der Waals surface area contributed by atoms with Gasteiger partial charge in [-0.25, -0.2) is 18.4 Å². The van der Waals surface area contributed by atoms with Gasteiger partial charge in [0.05, 0.1) is 6.42 Å². The van der Waals surface area contributed by atoms with Crippen LogP contribution in [0.1, 0.15) is 12.0 Å². The quantitative estimate of drug-likeness (QED) is 0.875. The molecule has 0 unspecified atom stereocenters. The van der Waals surface area contributed by atoms with Gasteiger partial charge < -0.3 is 9.84 Å². The van der Waals surface area contributed by atoms with Crippen LogP contribution in [-0.4, -0.2) is 28.6 Å². The van der Waals surface area contributed by atoms with Crippen molar-refractivity contribution in [3.05, 3.63) is 35.9 Å². The van der Waals surface area contributed by atoms with E-state index in [2.05, 4.69) is 0 Å². The van der Waals surface area contributed by atoms with Crippen LogP contribution in [0.25, 0.3) is 0 Å². The van der Waals surface area contributed by atoms with Crippen LogP contribution in [0.3, 0.4) is 0 Å². The van der Waals surface area contributed by atoms with Crippen LogP contribution < -0.4 is 5.32 Å². The number of ether oxygens (including phenoxy) is 1. The van der Waals surface area contributed by atoms with Crippen LogP contribution >= 0.6 is 0 Å². The van der Waals surface area contributed by atoms with E-state index in [9.17, 15) is 18.4 Å². The number of alkyl carbamates (subject to hydrolysis) is 1. The minimum atomic E-state index is -3.44. The third-order valence-electron chi connectivity index (χ3n) is 2.88. The Bertz CT molecular complexity index is 506. The zero-order chi connectivity index (χ0) is 14.1. The Morgan fingerprint density at radius 2 is 1.89 bits per heavy atom. The van der Waals surface area contributed by atoms with Gasteiger partial charge in [-0.2, -0.15) is 0 Å². The van der Waals surface area contributed by atoms with Crippen molar-refractivity contribution >= 4 is 12.1 Å². The molecular weight excluding hydrogens is 260 g/mol. The highest BCUT2D eigenvalue weighted by atomic mass is 19.3. The van der Waals surface area contributed by atoms with Crippen molar-refractivity contribution in [3.63, 3.8) is 0 Å². The summed E-state index contributed by atoms with van der Waals surface area (Å²) in [7, 11) is 0. The van der Waals surface area contributed by atoms with Gasteiger partial charge in [-0.3, -0.25) is 5.32 Å². The van der Waals surface area contributed by atoms with Gasteiger partial charge in [0.25, 0.3) is 5.92 Å². The minimum absolute atomic E-state index is 0.117. The molecular formula is C12H11F2NO4. The van der Waals surface area contributed by atoms with Gasteiger partial charge in [-0.15, -0.1) is 0 Å². The lowest BCUT2D eigenvalue weighted by Gasteiger charge is -2.13. The Kier molecular flexibility index (Phi) is 3.13. The van der Waals surface area contributed by atoms with E-state index >= 15 is 0 Å². The number of carboxylic acids is 1. The molecule has 0 aliphatic heterocycles. The first kappa shape index (κ1) is 13.3. The number of carbonyl (C=O) groups is 2. The standard InChI is InChI=1S/C12H11F2NO4/c13-12(14)7-11(12,9(16)17)15-10(18)19-6-8-4-2-1-3-5-8/h1-5H,6-7H2,(H,15,18)(H,16,17)/t11-/m1/s1. The lowest BCUT2D eigenvalue weighted by molar-refractivity contribution is -0.143. The summed E-state index contributed by atoms with van der Waals surface area (Å²) in [5.74, 6) is -5.21. The number of hydrogen-bond donors (Lipinski definition) is 2. The highest BCUT2D eigenvalue weighted by Gasteiger charge is 2.78. The molecule has 1 aliphatic rings. The molecule has 5 nitrogen and oxygen atoms in total. The monoisotopic (exact) mass is 271 g/mol. The molecule has 0 bridgehead atoms. The number of amides is 1. The molecule has 102 valence electrons. The number of alkyl halides is 2. The van der Waals surface area contributed by atoms with E-state index in [1.165, 1.54) is 0 Å². The maximum absolute atomic E-state index is 13.0. The predicted octanol–water partition coefficient (Wildman–Crippen LogP) is 1.78.